The van der Waals surface area contributed by atoms with E-state index in [4.69, 9.17) is 0 Å². The quantitative estimate of drug-likeness (QED) is 0.780. The summed E-state index contributed by atoms with van der Waals surface area (Å²) in [6, 6.07) is 18.0. The second-order valence-corrected chi connectivity index (χ2v) is 5.18. The number of rotatable bonds is 3. The van der Waals surface area contributed by atoms with Gasteiger partial charge in [-0.05, 0) is 35.1 Å². The number of carbonyl (C=O) groups excluding carboxylic acids is 1. The molecule has 0 saturated carbocycles. The molecule has 2 radical (unpaired) electrons. The van der Waals surface area contributed by atoms with Gasteiger partial charge < -0.3 is 0 Å². The summed E-state index contributed by atoms with van der Waals surface area (Å²) in [5.41, 5.74) is 3.72. The maximum atomic E-state index is 11.8. The number of hydrogen-bond donors (Lipinski definition) is 0. The van der Waals surface area contributed by atoms with Crippen LogP contribution in [0.5, 0.6) is 0 Å². The number of hydrogen-bond acceptors (Lipinski definition) is 2. The van der Waals surface area contributed by atoms with Gasteiger partial charge in [-0.3, -0.25) is 4.79 Å². The van der Waals surface area contributed by atoms with Crippen LogP contribution in [-0.4, -0.2) is 12.0 Å². The Bertz CT molecular complexity index is 639. The number of thioether (sulfide) groups is 1. The fourth-order valence-electron chi connectivity index (χ4n) is 2.14. The van der Waals surface area contributed by atoms with Crippen molar-refractivity contribution >= 4 is 28.7 Å². The zero-order valence-corrected chi connectivity index (χ0v) is 11.3. The second kappa shape index (κ2) is 5.06. The molecule has 0 unspecified atom stereocenters. The Morgan fingerprint density at radius 3 is 2.16 bits per heavy atom. The van der Waals surface area contributed by atoms with Crippen LogP contribution in [0.25, 0.3) is 11.1 Å². The Labute approximate surface area is 117 Å². The van der Waals surface area contributed by atoms with Crippen molar-refractivity contribution in [2.75, 3.05) is 6.26 Å². The number of allylic oxidation sites excluding steroid dienone is 2. The molecule has 0 saturated heterocycles. The van der Waals surface area contributed by atoms with E-state index in [1.165, 1.54) is 4.90 Å². The lowest BCUT2D eigenvalue weighted by Gasteiger charge is -2.22. The molecule has 19 heavy (non-hydrogen) atoms. The highest BCUT2D eigenvalue weighted by Gasteiger charge is 2.30. The van der Waals surface area contributed by atoms with E-state index in [-0.39, 0.29) is 5.78 Å². The van der Waals surface area contributed by atoms with E-state index in [9.17, 15) is 4.79 Å². The van der Waals surface area contributed by atoms with Gasteiger partial charge in [-0.1, -0.05) is 42.5 Å². The first-order chi connectivity index (χ1) is 9.29. The third-order valence-electron chi connectivity index (χ3n) is 3.16. The highest BCUT2D eigenvalue weighted by molar-refractivity contribution is 7.98. The molecule has 0 aliphatic heterocycles. The fraction of sp³-hybridized carbons (Fsp3) is 0.0588. The molecule has 2 aromatic carbocycles. The summed E-state index contributed by atoms with van der Waals surface area (Å²) in [6.07, 6.45) is 4.93. The van der Waals surface area contributed by atoms with Gasteiger partial charge in [-0.15, -0.1) is 11.8 Å². The Hall–Kier alpha value is -1.80. The van der Waals surface area contributed by atoms with Crippen LogP contribution in [0.3, 0.4) is 0 Å². The molecule has 0 heterocycles. The minimum atomic E-state index is -0.00450. The molecule has 0 fully saturated rings. The smallest absolute Gasteiger partial charge is 0.177 e. The monoisotopic (exact) mass is 264 g/mol. The number of carbonyl (C=O) groups is 1. The zero-order valence-electron chi connectivity index (χ0n) is 10.5. The molecular formula is C17H12OS. The van der Waals surface area contributed by atoms with Gasteiger partial charge in [0.2, 0.25) is 0 Å². The molecule has 1 aliphatic carbocycles. The average molecular weight is 264 g/mol. The highest BCUT2D eigenvalue weighted by atomic mass is 32.2. The highest BCUT2D eigenvalue weighted by Crippen LogP contribution is 2.38. The van der Waals surface area contributed by atoms with Crippen molar-refractivity contribution in [1.82, 2.24) is 0 Å². The summed E-state index contributed by atoms with van der Waals surface area (Å²) >= 11 is 1.71. The minimum Gasteiger partial charge on any atom is -0.293 e. The Morgan fingerprint density at radius 1 is 0.895 bits per heavy atom. The molecule has 0 aromatic heterocycles. The molecule has 2 aromatic rings. The van der Waals surface area contributed by atoms with Gasteiger partial charge in [0.05, 0.1) is 6.42 Å². The van der Waals surface area contributed by atoms with Crippen molar-refractivity contribution in [2.45, 2.75) is 4.90 Å². The molecular weight excluding hydrogens is 252 g/mol. The van der Waals surface area contributed by atoms with E-state index < -0.39 is 0 Å². The predicted molar refractivity (Wildman–Crippen MR) is 79.7 cm³/mol. The third kappa shape index (κ3) is 2.24. The number of Topliss-reactive ketones (excluding diaryl/α,β-unsaturated/α-hetero) is 1. The first-order valence-electron chi connectivity index (χ1n) is 6.05. The molecule has 92 valence electrons. The second-order valence-electron chi connectivity index (χ2n) is 4.30. The third-order valence-corrected chi connectivity index (χ3v) is 3.90. The first kappa shape index (κ1) is 12.2. The van der Waals surface area contributed by atoms with Gasteiger partial charge in [-0.25, -0.2) is 0 Å². The van der Waals surface area contributed by atoms with E-state index >= 15 is 0 Å². The van der Waals surface area contributed by atoms with Crippen molar-refractivity contribution in [2.24, 2.45) is 0 Å². The molecule has 0 bridgehead atoms. The molecule has 2 heteroatoms. The SMILES string of the molecule is CSc1ccc(C2=C(c3ccccc3)C(=O)[C]2)cc1. The van der Waals surface area contributed by atoms with E-state index in [2.05, 4.69) is 24.8 Å². The molecule has 0 atom stereocenters. The van der Waals surface area contributed by atoms with Gasteiger partial charge in [-0.2, -0.15) is 0 Å². The van der Waals surface area contributed by atoms with Crippen LogP contribution in [0.2, 0.25) is 0 Å². The molecule has 1 nitrogen and oxygen atoms in total. The molecule has 1 aliphatic rings. The van der Waals surface area contributed by atoms with E-state index in [0.29, 0.717) is 0 Å². The van der Waals surface area contributed by atoms with Crippen LogP contribution in [-0.2, 0) is 4.79 Å². The van der Waals surface area contributed by atoms with Crippen LogP contribution >= 0.6 is 11.8 Å². The summed E-state index contributed by atoms with van der Waals surface area (Å²) in [7, 11) is 0. The van der Waals surface area contributed by atoms with Crippen molar-refractivity contribution in [3.05, 3.63) is 72.1 Å². The van der Waals surface area contributed by atoms with Gasteiger partial charge in [0, 0.05) is 10.5 Å². The van der Waals surface area contributed by atoms with E-state index in [1.54, 1.807) is 11.8 Å². The lowest BCUT2D eigenvalue weighted by Crippen LogP contribution is -2.16. The van der Waals surface area contributed by atoms with Gasteiger partial charge in [0.1, 0.15) is 0 Å². The van der Waals surface area contributed by atoms with Gasteiger partial charge >= 0.3 is 0 Å². The minimum absolute atomic E-state index is 0.00450. The fourth-order valence-corrected chi connectivity index (χ4v) is 2.55. The summed E-state index contributed by atoms with van der Waals surface area (Å²) in [5, 5.41) is 0. The van der Waals surface area contributed by atoms with Crippen LogP contribution in [0.1, 0.15) is 11.1 Å². The normalized spacial score (nSPS) is 14.5. The maximum Gasteiger partial charge on any atom is 0.177 e. The number of benzene rings is 2. The topological polar surface area (TPSA) is 17.1 Å². The van der Waals surface area contributed by atoms with Crippen molar-refractivity contribution in [1.29, 1.82) is 0 Å². The van der Waals surface area contributed by atoms with Crippen molar-refractivity contribution in [3.63, 3.8) is 0 Å². The Kier molecular flexibility index (Phi) is 3.26. The molecule has 0 spiro atoms. The molecule has 3 rings (SSSR count). The lowest BCUT2D eigenvalue weighted by atomic mass is 9.79. The zero-order chi connectivity index (χ0) is 13.2. The lowest BCUT2D eigenvalue weighted by molar-refractivity contribution is -0.111. The number of ketones is 1. The summed E-state index contributed by atoms with van der Waals surface area (Å²) in [4.78, 5) is 13.0. The Morgan fingerprint density at radius 2 is 1.58 bits per heavy atom. The van der Waals surface area contributed by atoms with E-state index in [1.807, 2.05) is 42.5 Å². The molecule has 0 amide bonds. The van der Waals surface area contributed by atoms with Crippen LogP contribution in [0, 0.1) is 6.42 Å². The largest absolute Gasteiger partial charge is 0.293 e. The van der Waals surface area contributed by atoms with E-state index in [0.717, 1.165) is 22.3 Å². The standard InChI is InChI=1S/C17H12OS/c1-19-14-9-7-12(8-10-14)15-11-16(18)17(15)13-5-3-2-4-6-13/h2-10H,1H3. The van der Waals surface area contributed by atoms with Gasteiger partial charge in [0.25, 0.3) is 0 Å². The molecule has 0 N–H and O–H groups in total. The van der Waals surface area contributed by atoms with Crippen LogP contribution in [0.15, 0.2) is 59.5 Å². The van der Waals surface area contributed by atoms with Crippen LogP contribution < -0.4 is 0 Å². The average Bonchev–Trinajstić information content (AvgIpc) is 2.46. The Balaban J connectivity index is 2.03. The first-order valence-corrected chi connectivity index (χ1v) is 7.27. The predicted octanol–water partition coefficient (Wildman–Crippen LogP) is 3.98. The summed E-state index contributed by atoms with van der Waals surface area (Å²) < 4.78 is 0. The van der Waals surface area contributed by atoms with Gasteiger partial charge in [0.15, 0.2) is 5.78 Å². The maximum absolute atomic E-state index is 11.8. The summed E-state index contributed by atoms with van der Waals surface area (Å²) in [6.45, 7) is 0. The van der Waals surface area contributed by atoms with Crippen molar-refractivity contribution < 1.29 is 4.79 Å². The van der Waals surface area contributed by atoms with Crippen molar-refractivity contribution in [3.8, 4) is 0 Å². The summed E-state index contributed by atoms with van der Waals surface area (Å²) in [5.74, 6) is -0.00450. The van der Waals surface area contributed by atoms with Crippen LogP contribution in [0.4, 0.5) is 0 Å².